The van der Waals surface area contributed by atoms with Crippen molar-refractivity contribution in [3.63, 3.8) is 0 Å². The first-order chi connectivity index (χ1) is 10.8. The lowest BCUT2D eigenvalue weighted by Crippen LogP contribution is -2.15. The number of nitrogens with zero attached hydrogens (tertiary/aromatic N) is 2. The molecule has 0 fully saturated rings. The first-order valence-electron chi connectivity index (χ1n) is 6.83. The Balaban J connectivity index is 2.32. The van der Waals surface area contributed by atoms with Gasteiger partial charge in [0.05, 0.1) is 15.6 Å². The van der Waals surface area contributed by atoms with Gasteiger partial charge in [-0.25, -0.2) is 0 Å². The standard InChI is InChI=1S/C16H16ClN3O3/c1-10-4-6-13(12(17)8-10)18-16(21)11-5-7-14(19(2)3)15(9-11)20(22)23/h4-9H,1-3H3,(H,18,21). The summed E-state index contributed by atoms with van der Waals surface area (Å²) < 4.78 is 0. The molecule has 0 atom stereocenters. The number of amides is 1. The molecule has 0 aliphatic heterocycles. The fourth-order valence-corrected chi connectivity index (χ4v) is 2.39. The lowest BCUT2D eigenvalue weighted by atomic mass is 10.1. The van der Waals surface area contributed by atoms with Crippen molar-refractivity contribution in [2.45, 2.75) is 6.92 Å². The van der Waals surface area contributed by atoms with E-state index in [1.807, 2.05) is 13.0 Å². The molecule has 0 heterocycles. The number of nitro benzene ring substituents is 1. The summed E-state index contributed by atoms with van der Waals surface area (Å²) in [5.41, 5.74) is 1.93. The Labute approximate surface area is 138 Å². The SMILES string of the molecule is Cc1ccc(NC(=O)c2ccc(N(C)C)c([N+](=O)[O-])c2)c(Cl)c1. The Hall–Kier alpha value is -2.60. The number of nitrogens with one attached hydrogen (secondary N) is 1. The molecule has 0 spiro atoms. The Morgan fingerprint density at radius 3 is 2.48 bits per heavy atom. The average Bonchev–Trinajstić information content (AvgIpc) is 2.49. The van der Waals surface area contributed by atoms with Crippen molar-refractivity contribution in [3.05, 3.63) is 62.7 Å². The minimum absolute atomic E-state index is 0.127. The van der Waals surface area contributed by atoms with Gasteiger partial charge < -0.3 is 10.2 Å². The molecular formula is C16H16ClN3O3. The van der Waals surface area contributed by atoms with Crippen LogP contribution in [0.25, 0.3) is 0 Å². The molecule has 0 saturated heterocycles. The van der Waals surface area contributed by atoms with E-state index in [1.165, 1.54) is 6.07 Å². The maximum atomic E-state index is 12.3. The molecule has 2 rings (SSSR count). The summed E-state index contributed by atoms with van der Waals surface area (Å²) in [6.45, 7) is 1.89. The maximum absolute atomic E-state index is 12.3. The highest BCUT2D eigenvalue weighted by atomic mass is 35.5. The van der Waals surface area contributed by atoms with Crippen LogP contribution in [0.15, 0.2) is 36.4 Å². The molecule has 6 nitrogen and oxygen atoms in total. The van der Waals surface area contributed by atoms with Crippen LogP contribution < -0.4 is 10.2 Å². The highest BCUT2D eigenvalue weighted by molar-refractivity contribution is 6.34. The van der Waals surface area contributed by atoms with Gasteiger partial charge in [-0.15, -0.1) is 0 Å². The molecule has 2 aromatic rings. The smallest absolute Gasteiger partial charge is 0.293 e. The topological polar surface area (TPSA) is 75.5 Å². The van der Waals surface area contributed by atoms with Crippen LogP contribution in [-0.2, 0) is 0 Å². The van der Waals surface area contributed by atoms with E-state index < -0.39 is 10.8 Å². The molecule has 2 aromatic carbocycles. The van der Waals surface area contributed by atoms with E-state index in [0.29, 0.717) is 16.4 Å². The van der Waals surface area contributed by atoms with Gasteiger partial charge in [-0.1, -0.05) is 17.7 Å². The van der Waals surface area contributed by atoms with Gasteiger partial charge in [-0.2, -0.15) is 0 Å². The zero-order valence-corrected chi connectivity index (χ0v) is 13.7. The zero-order chi connectivity index (χ0) is 17.1. The molecular weight excluding hydrogens is 318 g/mol. The second kappa shape index (κ2) is 6.66. The van der Waals surface area contributed by atoms with E-state index in [9.17, 15) is 14.9 Å². The number of benzene rings is 2. The minimum atomic E-state index is -0.509. The molecule has 120 valence electrons. The van der Waals surface area contributed by atoms with Gasteiger partial charge in [0, 0.05) is 25.7 Å². The van der Waals surface area contributed by atoms with Gasteiger partial charge >= 0.3 is 0 Å². The van der Waals surface area contributed by atoms with Crippen LogP contribution in [0.5, 0.6) is 0 Å². The molecule has 1 N–H and O–H groups in total. The van der Waals surface area contributed by atoms with Crippen molar-refractivity contribution in [2.75, 3.05) is 24.3 Å². The lowest BCUT2D eigenvalue weighted by molar-refractivity contribution is -0.384. The molecule has 0 aliphatic rings. The van der Waals surface area contributed by atoms with Crippen molar-refractivity contribution < 1.29 is 9.72 Å². The molecule has 0 aliphatic carbocycles. The third kappa shape index (κ3) is 3.78. The Kier molecular flexibility index (Phi) is 4.86. The largest absolute Gasteiger partial charge is 0.372 e. The van der Waals surface area contributed by atoms with E-state index in [1.54, 1.807) is 43.3 Å². The van der Waals surface area contributed by atoms with Gasteiger partial charge in [0.15, 0.2) is 0 Å². The van der Waals surface area contributed by atoms with Crippen molar-refractivity contribution in [1.82, 2.24) is 0 Å². The van der Waals surface area contributed by atoms with E-state index in [-0.39, 0.29) is 11.3 Å². The number of carbonyl (C=O) groups excluding carboxylic acids is 1. The molecule has 0 bridgehead atoms. The Morgan fingerprint density at radius 2 is 1.91 bits per heavy atom. The monoisotopic (exact) mass is 333 g/mol. The maximum Gasteiger partial charge on any atom is 0.293 e. The van der Waals surface area contributed by atoms with E-state index in [4.69, 9.17) is 11.6 Å². The summed E-state index contributed by atoms with van der Waals surface area (Å²) >= 11 is 6.08. The predicted molar refractivity (Wildman–Crippen MR) is 91.6 cm³/mol. The van der Waals surface area contributed by atoms with Crippen molar-refractivity contribution in [3.8, 4) is 0 Å². The van der Waals surface area contributed by atoms with Gasteiger partial charge in [0.1, 0.15) is 5.69 Å². The van der Waals surface area contributed by atoms with Crippen LogP contribution in [0, 0.1) is 17.0 Å². The van der Waals surface area contributed by atoms with Gasteiger partial charge in [-0.3, -0.25) is 14.9 Å². The minimum Gasteiger partial charge on any atom is -0.372 e. The third-order valence-electron chi connectivity index (χ3n) is 3.29. The Morgan fingerprint density at radius 1 is 1.22 bits per heavy atom. The van der Waals surface area contributed by atoms with Crippen LogP contribution in [0.3, 0.4) is 0 Å². The van der Waals surface area contributed by atoms with Crippen molar-refractivity contribution in [2.24, 2.45) is 0 Å². The number of carbonyl (C=O) groups is 1. The summed E-state index contributed by atoms with van der Waals surface area (Å²) in [5, 5.41) is 14.3. The lowest BCUT2D eigenvalue weighted by Gasteiger charge is -2.13. The van der Waals surface area contributed by atoms with Gasteiger partial charge in [0.25, 0.3) is 11.6 Å². The first kappa shape index (κ1) is 16.8. The molecule has 0 aromatic heterocycles. The number of hydrogen-bond acceptors (Lipinski definition) is 4. The number of hydrogen-bond donors (Lipinski definition) is 1. The number of aryl methyl sites for hydroxylation is 1. The second-order valence-corrected chi connectivity index (χ2v) is 5.70. The zero-order valence-electron chi connectivity index (χ0n) is 13.0. The molecule has 0 unspecified atom stereocenters. The van der Waals surface area contributed by atoms with Crippen LogP contribution in [0.2, 0.25) is 5.02 Å². The molecule has 7 heteroatoms. The summed E-state index contributed by atoms with van der Waals surface area (Å²) in [5.74, 6) is -0.454. The van der Waals surface area contributed by atoms with Crippen LogP contribution in [-0.4, -0.2) is 24.9 Å². The van der Waals surface area contributed by atoms with Gasteiger partial charge in [0.2, 0.25) is 0 Å². The van der Waals surface area contributed by atoms with Crippen LogP contribution in [0.4, 0.5) is 17.1 Å². The number of nitro groups is 1. The molecule has 0 saturated carbocycles. The summed E-state index contributed by atoms with van der Waals surface area (Å²) in [4.78, 5) is 24.6. The van der Waals surface area contributed by atoms with E-state index in [0.717, 1.165) is 5.56 Å². The fourth-order valence-electron chi connectivity index (χ4n) is 2.11. The Bertz CT molecular complexity index is 775. The quantitative estimate of drug-likeness (QED) is 0.680. The highest BCUT2D eigenvalue weighted by Gasteiger charge is 2.19. The van der Waals surface area contributed by atoms with Gasteiger partial charge in [-0.05, 0) is 36.8 Å². The fraction of sp³-hybridized carbons (Fsp3) is 0.188. The molecule has 0 radical (unpaired) electrons. The summed E-state index contributed by atoms with van der Waals surface area (Å²) in [6, 6.07) is 9.59. The second-order valence-electron chi connectivity index (χ2n) is 5.29. The van der Waals surface area contributed by atoms with Crippen molar-refractivity contribution in [1.29, 1.82) is 0 Å². The number of rotatable bonds is 4. The number of anilines is 2. The summed E-state index contributed by atoms with van der Waals surface area (Å²) in [7, 11) is 3.41. The third-order valence-corrected chi connectivity index (χ3v) is 3.60. The molecule has 23 heavy (non-hydrogen) atoms. The van der Waals surface area contributed by atoms with Crippen molar-refractivity contribution >= 4 is 34.6 Å². The first-order valence-corrected chi connectivity index (χ1v) is 7.20. The molecule has 1 amide bonds. The van der Waals surface area contributed by atoms with Crippen LogP contribution >= 0.6 is 11.6 Å². The van der Waals surface area contributed by atoms with Crippen LogP contribution in [0.1, 0.15) is 15.9 Å². The predicted octanol–water partition coefficient (Wildman–Crippen LogP) is 3.87. The van der Waals surface area contributed by atoms with E-state index in [2.05, 4.69) is 5.32 Å². The summed E-state index contributed by atoms with van der Waals surface area (Å²) in [6.07, 6.45) is 0. The highest BCUT2D eigenvalue weighted by Crippen LogP contribution is 2.29. The van der Waals surface area contributed by atoms with E-state index >= 15 is 0 Å². The average molecular weight is 334 g/mol. The normalized spacial score (nSPS) is 10.3. The number of halogens is 1.